The Kier molecular flexibility index (Phi) is 5.05. The Balaban J connectivity index is 1.98. The topological polar surface area (TPSA) is 44.9 Å². The molecule has 0 bridgehead atoms. The van der Waals surface area contributed by atoms with Crippen LogP contribution < -0.4 is 10.2 Å². The molecule has 2 rings (SSSR count). The molecule has 0 saturated heterocycles. The number of halogens is 3. The number of aromatic nitrogens is 1. The minimum Gasteiger partial charge on any atom is -0.350 e. The van der Waals surface area contributed by atoms with Crippen molar-refractivity contribution in [3.05, 3.63) is 61.4 Å². The lowest BCUT2D eigenvalue weighted by atomic mass is 10.2. The van der Waals surface area contributed by atoms with E-state index >= 15 is 0 Å². The van der Waals surface area contributed by atoms with Gasteiger partial charge in [-0.2, -0.15) is 0 Å². The van der Waals surface area contributed by atoms with Crippen LogP contribution in [0.15, 0.2) is 35.3 Å². The Morgan fingerprint density at radius 3 is 2.42 bits per heavy atom. The predicted molar refractivity (Wildman–Crippen MR) is 83.5 cm³/mol. The number of aromatic amines is 1. The minimum absolute atomic E-state index is 0.166. The van der Waals surface area contributed by atoms with Gasteiger partial charge in [0.1, 0.15) is 10.8 Å². The smallest absolute Gasteiger partial charge is 0.206 e. The van der Waals surface area contributed by atoms with E-state index in [1.165, 1.54) is 24.2 Å². The van der Waals surface area contributed by atoms with E-state index in [1.807, 2.05) is 12.1 Å². The van der Waals surface area contributed by atoms with Crippen molar-refractivity contribution < 1.29 is 0 Å². The fourth-order valence-corrected chi connectivity index (χ4v) is 2.86. The number of H-pyrrole nitrogens is 1. The van der Waals surface area contributed by atoms with E-state index in [9.17, 15) is 4.79 Å². The zero-order chi connectivity index (χ0) is 13.8. The van der Waals surface area contributed by atoms with Gasteiger partial charge in [-0.15, -0.1) is 0 Å². The molecule has 0 saturated carbocycles. The molecule has 19 heavy (non-hydrogen) atoms. The number of benzene rings is 1. The summed E-state index contributed by atoms with van der Waals surface area (Å²) in [7, 11) is 0. The summed E-state index contributed by atoms with van der Waals surface area (Å²) in [5.41, 5.74) is 1.25. The standard InChI is InChI=1S/C12H9Cl3N2OS/c13-8-1-7(2-9(14)3-8)6-19-17-10-5-16-12(15)4-11(10)18/h1-5,17H,6H2,(H,16,18). The van der Waals surface area contributed by atoms with Gasteiger partial charge in [-0.25, -0.2) is 0 Å². The number of pyridine rings is 1. The molecular formula is C12H9Cl3N2OS. The fraction of sp³-hybridized carbons (Fsp3) is 0.0833. The molecule has 2 N–H and O–H groups in total. The first-order chi connectivity index (χ1) is 9.04. The lowest BCUT2D eigenvalue weighted by Crippen LogP contribution is -2.06. The lowest BCUT2D eigenvalue weighted by Gasteiger charge is -2.06. The molecule has 0 aliphatic heterocycles. The van der Waals surface area contributed by atoms with Gasteiger partial charge >= 0.3 is 0 Å². The Morgan fingerprint density at radius 2 is 1.79 bits per heavy atom. The molecule has 1 aromatic carbocycles. The first-order valence-corrected chi connectivity index (χ1v) is 7.37. The molecule has 0 atom stereocenters. The number of rotatable bonds is 4. The van der Waals surface area contributed by atoms with Gasteiger partial charge in [0.25, 0.3) is 0 Å². The van der Waals surface area contributed by atoms with Crippen molar-refractivity contribution in [3.63, 3.8) is 0 Å². The van der Waals surface area contributed by atoms with Crippen molar-refractivity contribution in [1.82, 2.24) is 4.98 Å². The second kappa shape index (κ2) is 6.57. The highest BCUT2D eigenvalue weighted by molar-refractivity contribution is 7.99. The summed E-state index contributed by atoms with van der Waals surface area (Å²) in [4.78, 5) is 14.3. The summed E-state index contributed by atoms with van der Waals surface area (Å²) in [6, 6.07) is 6.65. The van der Waals surface area contributed by atoms with Gasteiger partial charge in [-0.05, 0) is 35.7 Å². The average Bonchev–Trinajstić information content (AvgIpc) is 2.30. The fourth-order valence-electron chi connectivity index (χ4n) is 1.42. The summed E-state index contributed by atoms with van der Waals surface area (Å²) < 4.78 is 2.96. The molecule has 0 radical (unpaired) electrons. The van der Waals surface area contributed by atoms with Crippen LogP contribution in [0, 0.1) is 0 Å². The normalized spacial score (nSPS) is 10.5. The largest absolute Gasteiger partial charge is 0.350 e. The summed E-state index contributed by atoms with van der Waals surface area (Å²) >= 11 is 18.8. The van der Waals surface area contributed by atoms with Crippen LogP contribution in [0.5, 0.6) is 0 Å². The highest BCUT2D eigenvalue weighted by atomic mass is 35.5. The van der Waals surface area contributed by atoms with Crippen molar-refractivity contribution >= 4 is 52.4 Å². The van der Waals surface area contributed by atoms with Crippen LogP contribution in [0.1, 0.15) is 5.56 Å². The van der Waals surface area contributed by atoms with E-state index in [1.54, 1.807) is 6.07 Å². The van der Waals surface area contributed by atoms with Crippen molar-refractivity contribution in [3.8, 4) is 0 Å². The Bertz CT molecular complexity index is 625. The van der Waals surface area contributed by atoms with Gasteiger partial charge in [0.05, 0.1) is 0 Å². The maximum absolute atomic E-state index is 11.6. The van der Waals surface area contributed by atoms with Gasteiger partial charge in [-0.3, -0.25) is 4.79 Å². The highest BCUT2D eigenvalue weighted by Gasteiger charge is 2.02. The first kappa shape index (κ1) is 14.6. The third-order valence-electron chi connectivity index (χ3n) is 2.22. The third-order valence-corrected chi connectivity index (χ3v) is 3.72. The van der Waals surface area contributed by atoms with Crippen molar-refractivity contribution in [2.45, 2.75) is 5.75 Å². The van der Waals surface area contributed by atoms with Gasteiger partial charge in [0, 0.05) is 28.1 Å². The molecule has 0 aliphatic carbocycles. The summed E-state index contributed by atoms with van der Waals surface area (Å²) in [6.07, 6.45) is 1.53. The van der Waals surface area contributed by atoms with Gasteiger partial charge in [-0.1, -0.05) is 34.8 Å². The van der Waals surface area contributed by atoms with E-state index < -0.39 is 0 Å². The Morgan fingerprint density at radius 1 is 1.11 bits per heavy atom. The zero-order valence-electron chi connectivity index (χ0n) is 9.54. The first-order valence-electron chi connectivity index (χ1n) is 5.25. The van der Waals surface area contributed by atoms with Crippen LogP contribution in [0.3, 0.4) is 0 Å². The van der Waals surface area contributed by atoms with Crippen molar-refractivity contribution in [1.29, 1.82) is 0 Å². The molecule has 0 aliphatic rings. The lowest BCUT2D eigenvalue weighted by molar-refractivity contribution is 1.31. The maximum atomic E-state index is 11.6. The van der Waals surface area contributed by atoms with Crippen LogP contribution >= 0.6 is 46.8 Å². The maximum Gasteiger partial charge on any atom is 0.206 e. The van der Waals surface area contributed by atoms with Crippen molar-refractivity contribution in [2.24, 2.45) is 0 Å². The van der Waals surface area contributed by atoms with Crippen LogP contribution in [-0.2, 0) is 5.75 Å². The molecule has 0 amide bonds. The average molecular weight is 336 g/mol. The molecule has 7 heteroatoms. The van der Waals surface area contributed by atoms with Gasteiger partial charge in [0.15, 0.2) is 0 Å². The second-order valence-electron chi connectivity index (χ2n) is 3.73. The number of anilines is 1. The zero-order valence-corrected chi connectivity index (χ0v) is 12.6. The number of nitrogens with one attached hydrogen (secondary N) is 2. The van der Waals surface area contributed by atoms with Gasteiger partial charge < -0.3 is 9.71 Å². The Hall–Kier alpha value is -0.810. The molecule has 1 heterocycles. The van der Waals surface area contributed by atoms with Crippen LogP contribution in [0.2, 0.25) is 15.2 Å². The van der Waals surface area contributed by atoms with E-state index in [0.29, 0.717) is 26.6 Å². The number of hydrogen-bond donors (Lipinski definition) is 2. The second-order valence-corrected chi connectivity index (χ2v) is 5.79. The van der Waals surface area contributed by atoms with E-state index in [-0.39, 0.29) is 5.43 Å². The van der Waals surface area contributed by atoms with Crippen molar-refractivity contribution in [2.75, 3.05) is 4.72 Å². The molecule has 0 spiro atoms. The summed E-state index contributed by atoms with van der Waals surface area (Å²) in [5, 5.41) is 1.49. The molecule has 0 unspecified atom stereocenters. The van der Waals surface area contributed by atoms with Crippen LogP contribution in [0.25, 0.3) is 0 Å². The molecule has 2 aromatic rings. The number of hydrogen-bond acceptors (Lipinski definition) is 3. The summed E-state index contributed by atoms with van der Waals surface area (Å²) in [5.74, 6) is 0.627. The Labute approximate surface area is 129 Å². The van der Waals surface area contributed by atoms with E-state index in [2.05, 4.69) is 9.71 Å². The SMILES string of the molecule is O=c1cc(Cl)[nH]cc1NSCc1cc(Cl)cc(Cl)c1. The molecule has 100 valence electrons. The van der Waals surface area contributed by atoms with Gasteiger partial charge in [0.2, 0.25) is 5.43 Å². The third kappa shape index (κ3) is 4.35. The minimum atomic E-state index is -0.166. The molecular weight excluding hydrogens is 327 g/mol. The monoisotopic (exact) mass is 334 g/mol. The quantitative estimate of drug-likeness (QED) is 0.634. The molecule has 1 aromatic heterocycles. The molecule has 0 fully saturated rings. The highest BCUT2D eigenvalue weighted by Crippen LogP contribution is 2.22. The van der Waals surface area contributed by atoms with E-state index in [4.69, 9.17) is 34.8 Å². The summed E-state index contributed by atoms with van der Waals surface area (Å²) in [6.45, 7) is 0. The van der Waals surface area contributed by atoms with Crippen LogP contribution in [-0.4, -0.2) is 4.98 Å². The predicted octanol–water partition coefficient (Wildman–Crippen LogP) is 4.60. The van der Waals surface area contributed by atoms with E-state index in [0.717, 1.165) is 5.56 Å². The molecule has 3 nitrogen and oxygen atoms in total. The van der Waals surface area contributed by atoms with Crippen LogP contribution in [0.4, 0.5) is 5.69 Å².